The van der Waals surface area contributed by atoms with Crippen LogP contribution in [0.3, 0.4) is 0 Å². The van der Waals surface area contributed by atoms with E-state index in [1.54, 1.807) is 19.2 Å². The molecule has 1 aromatic rings. The van der Waals surface area contributed by atoms with E-state index >= 15 is 0 Å². The molecule has 1 saturated carbocycles. The number of rotatable bonds is 5. The summed E-state index contributed by atoms with van der Waals surface area (Å²) in [6.07, 6.45) is 1.21. The summed E-state index contributed by atoms with van der Waals surface area (Å²) in [5.41, 5.74) is 0.700. The third-order valence-electron chi connectivity index (χ3n) is 2.92. The summed E-state index contributed by atoms with van der Waals surface area (Å²) < 4.78 is 5.16. The Morgan fingerprint density at radius 2 is 2.24 bits per heavy atom. The number of hydrogen-bond acceptors (Lipinski definition) is 3. The van der Waals surface area contributed by atoms with Crippen LogP contribution in [-0.2, 0) is 4.79 Å². The fourth-order valence-corrected chi connectivity index (χ4v) is 1.74. The van der Waals surface area contributed by atoms with Crippen molar-refractivity contribution < 1.29 is 14.6 Å². The van der Waals surface area contributed by atoms with Crippen molar-refractivity contribution in [1.82, 2.24) is 5.32 Å². The second-order valence-electron chi connectivity index (χ2n) is 4.28. The van der Waals surface area contributed by atoms with Crippen LogP contribution in [0.2, 0.25) is 0 Å². The van der Waals surface area contributed by atoms with Crippen LogP contribution in [0.25, 0.3) is 0 Å². The molecule has 2 N–H and O–H groups in total. The van der Waals surface area contributed by atoms with Crippen LogP contribution in [0, 0.1) is 5.92 Å². The van der Waals surface area contributed by atoms with E-state index in [1.807, 2.05) is 12.1 Å². The molecule has 2 rings (SSSR count). The first-order valence-electron chi connectivity index (χ1n) is 5.81. The molecule has 1 unspecified atom stereocenters. The van der Waals surface area contributed by atoms with Crippen molar-refractivity contribution in [2.24, 2.45) is 5.92 Å². The molecule has 0 radical (unpaired) electrons. The number of nitrogens with one attached hydrogen (secondary N) is 1. The number of ether oxygens (including phenoxy) is 1. The monoisotopic (exact) mass is 235 g/mol. The Bertz CT molecular complexity index is 401. The Balaban J connectivity index is 1.93. The van der Waals surface area contributed by atoms with Crippen molar-refractivity contribution in [3.05, 3.63) is 29.8 Å². The second kappa shape index (κ2) is 5.19. The third kappa shape index (κ3) is 2.97. The van der Waals surface area contributed by atoms with Gasteiger partial charge in [-0.15, -0.1) is 0 Å². The number of hydrogen-bond donors (Lipinski definition) is 2. The van der Waals surface area contributed by atoms with Crippen LogP contribution in [0.5, 0.6) is 5.75 Å². The molecular weight excluding hydrogens is 218 g/mol. The van der Waals surface area contributed by atoms with E-state index in [0.29, 0.717) is 11.3 Å². The van der Waals surface area contributed by atoms with Gasteiger partial charge in [0.15, 0.2) is 0 Å². The molecule has 17 heavy (non-hydrogen) atoms. The molecule has 0 saturated heterocycles. The summed E-state index contributed by atoms with van der Waals surface area (Å²) in [6, 6.07) is 7.27. The fraction of sp³-hybridized carbons (Fsp3) is 0.462. The molecule has 1 fully saturated rings. The molecule has 0 aliphatic heterocycles. The van der Waals surface area contributed by atoms with E-state index in [9.17, 15) is 9.90 Å². The third-order valence-corrected chi connectivity index (χ3v) is 2.92. The van der Waals surface area contributed by atoms with Crippen LogP contribution >= 0.6 is 0 Å². The first kappa shape index (κ1) is 11.9. The smallest absolute Gasteiger partial charge is 0.223 e. The van der Waals surface area contributed by atoms with Crippen molar-refractivity contribution in [2.75, 3.05) is 13.7 Å². The molecule has 1 amide bonds. The second-order valence-corrected chi connectivity index (χ2v) is 4.28. The van der Waals surface area contributed by atoms with E-state index in [2.05, 4.69) is 5.32 Å². The van der Waals surface area contributed by atoms with Gasteiger partial charge in [0.1, 0.15) is 5.75 Å². The standard InChI is InChI=1S/C13H17NO3/c1-17-12-5-3-2-4-10(12)11(15)8-14-13(16)9-6-7-9/h2-5,9,11,15H,6-8H2,1H3,(H,14,16). The molecule has 0 heterocycles. The van der Waals surface area contributed by atoms with E-state index in [4.69, 9.17) is 4.74 Å². The average Bonchev–Trinajstić information content (AvgIpc) is 3.19. The molecule has 1 aliphatic carbocycles. The first-order valence-corrected chi connectivity index (χ1v) is 5.81. The average molecular weight is 235 g/mol. The molecule has 92 valence electrons. The van der Waals surface area contributed by atoms with E-state index in [0.717, 1.165) is 12.8 Å². The highest BCUT2D eigenvalue weighted by Crippen LogP contribution is 2.29. The predicted molar refractivity (Wildman–Crippen MR) is 63.7 cm³/mol. The summed E-state index contributed by atoms with van der Waals surface area (Å²) in [5, 5.41) is 12.7. The molecule has 0 bridgehead atoms. The van der Waals surface area contributed by atoms with Gasteiger partial charge in [0.05, 0.1) is 13.2 Å². The lowest BCUT2D eigenvalue weighted by Crippen LogP contribution is -2.29. The summed E-state index contributed by atoms with van der Waals surface area (Å²) in [4.78, 5) is 11.4. The number of carbonyl (C=O) groups excluding carboxylic acids is 1. The summed E-state index contributed by atoms with van der Waals surface area (Å²) in [7, 11) is 1.56. The Kier molecular flexibility index (Phi) is 3.64. The number of carbonyl (C=O) groups is 1. The van der Waals surface area contributed by atoms with E-state index in [-0.39, 0.29) is 18.4 Å². The Hall–Kier alpha value is -1.55. The highest BCUT2D eigenvalue weighted by atomic mass is 16.5. The number of amides is 1. The maximum atomic E-state index is 11.4. The van der Waals surface area contributed by atoms with Gasteiger partial charge in [0, 0.05) is 18.0 Å². The molecule has 1 aliphatic rings. The van der Waals surface area contributed by atoms with Gasteiger partial charge in [-0.1, -0.05) is 18.2 Å². The van der Waals surface area contributed by atoms with Crippen LogP contribution in [0.15, 0.2) is 24.3 Å². The van der Waals surface area contributed by atoms with Gasteiger partial charge in [-0.05, 0) is 18.9 Å². The quantitative estimate of drug-likeness (QED) is 0.807. The topological polar surface area (TPSA) is 58.6 Å². The first-order chi connectivity index (χ1) is 8.22. The highest BCUT2D eigenvalue weighted by molar-refractivity contribution is 5.80. The largest absolute Gasteiger partial charge is 0.496 e. The molecule has 4 nitrogen and oxygen atoms in total. The zero-order valence-electron chi connectivity index (χ0n) is 9.85. The number of para-hydroxylation sites is 1. The zero-order chi connectivity index (χ0) is 12.3. The maximum Gasteiger partial charge on any atom is 0.223 e. The van der Waals surface area contributed by atoms with E-state index in [1.165, 1.54) is 0 Å². The molecular formula is C13H17NO3. The molecule has 1 atom stereocenters. The van der Waals surface area contributed by atoms with Crippen molar-refractivity contribution in [1.29, 1.82) is 0 Å². The minimum Gasteiger partial charge on any atom is -0.496 e. The molecule has 1 aromatic carbocycles. The summed E-state index contributed by atoms with van der Waals surface area (Å²) in [5.74, 6) is 0.847. The van der Waals surface area contributed by atoms with Gasteiger partial charge >= 0.3 is 0 Å². The van der Waals surface area contributed by atoms with Crippen LogP contribution in [-0.4, -0.2) is 24.7 Å². The highest BCUT2D eigenvalue weighted by Gasteiger charge is 2.29. The minimum atomic E-state index is -0.728. The van der Waals surface area contributed by atoms with E-state index < -0.39 is 6.10 Å². The number of aliphatic hydroxyl groups is 1. The van der Waals surface area contributed by atoms with Gasteiger partial charge in [0.25, 0.3) is 0 Å². The maximum absolute atomic E-state index is 11.4. The summed E-state index contributed by atoms with van der Waals surface area (Å²) >= 11 is 0. The van der Waals surface area contributed by atoms with Crippen molar-refractivity contribution in [2.45, 2.75) is 18.9 Å². The lowest BCUT2D eigenvalue weighted by Gasteiger charge is -2.15. The van der Waals surface area contributed by atoms with Crippen LogP contribution < -0.4 is 10.1 Å². The van der Waals surface area contributed by atoms with Crippen molar-refractivity contribution >= 4 is 5.91 Å². The van der Waals surface area contributed by atoms with Gasteiger partial charge in [-0.3, -0.25) is 4.79 Å². The minimum absolute atomic E-state index is 0.0407. The fourth-order valence-electron chi connectivity index (χ4n) is 1.74. The Morgan fingerprint density at radius 1 is 1.53 bits per heavy atom. The Morgan fingerprint density at radius 3 is 2.88 bits per heavy atom. The van der Waals surface area contributed by atoms with Gasteiger partial charge in [-0.25, -0.2) is 0 Å². The Labute approximate surface area is 101 Å². The molecule has 0 aromatic heterocycles. The lowest BCUT2D eigenvalue weighted by molar-refractivity contribution is -0.122. The predicted octanol–water partition coefficient (Wildman–Crippen LogP) is 1.25. The SMILES string of the molecule is COc1ccccc1C(O)CNC(=O)C1CC1. The zero-order valence-corrected chi connectivity index (χ0v) is 9.85. The van der Waals surface area contributed by atoms with Crippen LogP contribution in [0.4, 0.5) is 0 Å². The lowest BCUT2D eigenvalue weighted by atomic mass is 10.1. The molecule has 0 spiro atoms. The number of benzene rings is 1. The number of aliphatic hydroxyl groups excluding tert-OH is 1. The van der Waals surface area contributed by atoms with Crippen molar-refractivity contribution in [3.8, 4) is 5.75 Å². The van der Waals surface area contributed by atoms with Gasteiger partial charge in [-0.2, -0.15) is 0 Å². The van der Waals surface area contributed by atoms with Gasteiger partial charge in [0.2, 0.25) is 5.91 Å². The normalized spacial score (nSPS) is 16.4. The summed E-state index contributed by atoms with van der Waals surface area (Å²) in [6.45, 7) is 0.232. The number of methoxy groups -OCH3 is 1. The van der Waals surface area contributed by atoms with Crippen molar-refractivity contribution in [3.63, 3.8) is 0 Å². The van der Waals surface area contributed by atoms with Gasteiger partial charge < -0.3 is 15.2 Å². The van der Waals surface area contributed by atoms with Crippen LogP contribution in [0.1, 0.15) is 24.5 Å². The molecule has 4 heteroatoms.